The van der Waals surface area contributed by atoms with Crippen molar-refractivity contribution in [1.82, 2.24) is 5.32 Å². The van der Waals surface area contributed by atoms with Gasteiger partial charge in [-0.05, 0) is 29.0 Å². The predicted octanol–water partition coefficient (Wildman–Crippen LogP) is 3.62. The van der Waals surface area contributed by atoms with Crippen molar-refractivity contribution in [3.8, 4) is 0 Å². The van der Waals surface area contributed by atoms with Crippen LogP contribution in [0.15, 0.2) is 65.3 Å². The Balaban J connectivity index is 1.79. The summed E-state index contributed by atoms with van der Waals surface area (Å²) >= 11 is 18.1. The normalized spacial score (nSPS) is 12.9. The molecule has 0 saturated carbocycles. The first-order chi connectivity index (χ1) is 11.9. The first kappa shape index (κ1) is 18.1. The van der Waals surface area contributed by atoms with Gasteiger partial charge in [-0.3, -0.25) is 10.1 Å². The molecule has 0 bridgehead atoms. The Labute approximate surface area is 160 Å². The maximum atomic E-state index is 12.7. The summed E-state index contributed by atoms with van der Waals surface area (Å²) in [7, 11) is 0. The first-order valence-corrected chi connectivity index (χ1v) is 8.79. The number of amides is 1. The van der Waals surface area contributed by atoms with Gasteiger partial charge < -0.3 is 9.73 Å². The van der Waals surface area contributed by atoms with Gasteiger partial charge in [-0.15, -0.1) is 0 Å². The van der Waals surface area contributed by atoms with Crippen LogP contribution in [0.3, 0.4) is 0 Å². The Morgan fingerprint density at radius 3 is 2.56 bits per heavy atom. The molecule has 1 amide bonds. The first-order valence-electron chi connectivity index (χ1n) is 7.66. The van der Waals surface area contributed by atoms with E-state index in [2.05, 4.69) is 5.32 Å². The lowest BCUT2D eigenvalue weighted by molar-refractivity contribution is -0.708. The second-order valence-corrected chi connectivity index (χ2v) is 7.91. The second-order valence-electron chi connectivity index (χ2n) is 5.54. The van der Waals surface area contributed by atoms with Gasteiger partial charge in [0.1, 0.15) is 6.54 Å². The Bertz CT molecular complexity index is 855. The molecule has 3 N–H and O–H groups in total. The van der Waals surface area contributed by atoms with Gasteiger partial charge in [0.05, 0.1) is 6.26 Å². The number of quaternary nitrogens is 1. The smallest absolute Gasteiger partial charge is 0.262 e. The molecule has 0 unspecified atom stereocenters. The van der Waals surface area contributed by atoms with Crippen LogP contribution >= 0.6 is 34.8 Å². The fraction of sp³-hybridized carbons (Fsp3) is 0.167. The fourth-order valence-electron chi connectivity index (χ4n) is 2.58. The molecule has 2 aromatic carbocycles. The second kappa shape index (κ2) is 7.67. The van der Waals surface area contributed by atoms with Crippen LogP contribution in [0.4, 0.5) is 0 Å². The molecule has 3 aromatic rings. The van der Waals surface area contributed by atoms with Gasteiger partial charge >= 0.3 is 0 Å². The van der Waals surface area contributed by atoms with Crippen LogP contribution in [0.25, 0.3) is 10.8 Å². The van der Waals surface area contributed by atoms with Crippen LogP contribution in [-0.2, 0) is 6.54 Å². The van der Waals surface area contributed by atoms with E-state index in [9.17, 15) is 4.79 Å². The quantitative estimate of drug-likeness (QED) is 0.509. The Hall–Kier alpha value is -1.72. The van der Waals surface area contributed by atoms with E-state index in [0.29, 0.717) is 12.1 Å². The maximum Gasteiger partial charge on any atom is 0.262 e. The number of nitrogens with two attached hydrogens (primary N) is 1. The minimum Gasteiger partial charge on any atom is -0.463 e. The monoisotopic (exact) mass is 397 g/mol. The summed E-state index contributed by atoms with van der Waals surface area (Å²) < 4.78 is 3.60. The summed E-state index contributed by atoms with van der Waals surface area (Å²) in [5, 5.41) is 6.33. The number of fused-ring (bicyclic) bond motifs is 1. The zero-order chi connectivity index (χ0) is 17.9. The van der Waals surface area contributed by atoms with Crippen LogP contribution in [0, 0.1) is 0 Å². The maximum absolute atomic E-state index is 12.7. The van der Waals surface area contributed by atoms with E-state index in [4.69, 9.17) is 39.2 Å². The van der Waals surface area contributed by atoms with E-state index >= 15 is 0 Å². The molecule has 0 fully saturated rings. The van der Waals surface area contributed by atoms with Gasteiger partial charge in [-0.25, -0.2) is 0 Å². The predicted molar refractivity (Wildman–Crippen MR) is 99.8 cm³/mol. The van der Waals surface area contributed by atoms with Crippen molar-refractivity contribution in [1.29, 1.82) is 0 Å². The lowest BCUT2D eigenvalue weighted by Gasteiger charge is -2.23. The van der Waals surface area contributed by atoms with E-state index in [-0.39, 0.29) is 5.91 Å². The van der Waals surface area contributed by atoms with Gasteiger partial charge in [-0.2, -0.15) is 0 Å². The Kier molecular flexibility index (Phi) is 5.54. The fourth-order valence-corrected chi connectivity index (χ4v) is 3.01. The zero-order valence-corrected chi connectivity index (χ0v) is 15.4. The number of benzene rings is 2. The average Bonchev–Trinajstić information content (AvgIpc) is 3.10. The van der Waals surface area contributed by atoms with Crippen LogP contribution in [0.5, 0.6) is 0 Å². The van der Waals surface area contributed by atoms with Crippen molar-refractivity contribution < 1.29 is 14.5 Å². The average molecular weight is 399 g/mol. The molecule has 0 aliphatic heterocycles. The van der Waals surface area contributed by atoms with E-state index in [1.807, 2.05) is 42.5 Å². The molecule has 130 valence electrons. The lowest BCUT2D eigenvalue weighted by Crippen LogP contribution is -2.95. The molecule has 0 aliphatic rings. The molecule has 1 atom stereocenters. The summed E-state index contributed by atoms with van der Waals surface area (Å²) in [6, 6.07) is 16.8. The molecule has 0 radical (unpaired) electrons. The number of carbonyl (C=O) groups excluding carboxylic acids is 1. The van der Waals surface area contributed by atoms with Crippen LogP contribution in [0.1, 0.15) is 16.1 Å². The molecule has 1 aromatic heterocycles. The number of hydrogen-bond acceptors (Lipinski definition) is 2. The summed E-state index contributed by atoms with van der Waals surface area (Å²) in [4.78, 5) is 12.7. The van der Waals surface area contributed by atoms with Crippen molar-refractivity contribution in [3.05, 3.63) is 72.2 Å². The topological polar surface area (TPSA) is 58.9 Å². The summed E-state index contributed by atoms with van der Waals surface area (Å²) in [5.74, 6) is 0.419. The zero-order valence-electron chi connectivity index (χ0n) is 13.1. The van der Waals surface area contributed by atoms with Crippen molar-refractivity contribution in [2.75, 3.05) is 0 Å². The highest BCUT2D eigenvalue weighted by Crippen LogP contribution is 2.28. The standard InChI is InChI=1S/C18H15Cl3N2O2/c19-18(20,21)17(22-11-13-7-4-10-25-13)23-16(24)15-9-3-6-12-5-1-2-8-14(12)15/h1-10,17,22H,11H2,(H,23,24)/p+1/t17-/m1/s1. The molecule has 0 aliphatic carbocycles. The highest BCUT2D eigenvalue weighted by Gasteiger charge is 2.37. The molecule has 0 spiro atoms. The molecular formula is C18H16Cl3N2O2+. The van der Waals surface area contributed by atoms with Gasteiger partial charge in [0.15, 0.2) is 5.76 Å². The lowest BCUT2D eigenvalue weighted by atomic mass is 10.0. The van der Waals surface area contributed by atoms with Crippen LogP contribution in [0.2, 0.25) is 0 Å². The third kappa shape index (κ3) is 4.47. The molecule has 4 nitrogen and oxygen atoms in total. The molecule has 3 rings (SSSR count). The Morgan fingerprint density at radius 2 is 1.84 bits per heavy atom. The minimum atomic E-state index is -1.67. The number of nitrogens with one attached hydrogen (secondary N) is 1. The third-order valence-electron chi connectivity index (χ3n) is 3.81. The molecule has 1 heterocycles. The SMILES string of the molecule is O=C(N[C@@H]([NH2+]Cc1ccco1)C(Cl)(Cl)Cl)c1cccc2ccccc12. The van der Waals surface area contributed by atoms with Crippen molar-refractivity contribution >= 4 is 51.5 Å². The van der Waals surface area contributed by atoms with E-state index < -0.39 is 9.96 Å². The van der Waals surface area contributed by atoms with Gasteiger partial charge in [0, 0.05) is 5.56 Å². The molecular weight excluding hydrogens is 383 g/mol. The molecule has 25 heavy (non-hydrogen) atoms. The third-order valence-corrected chi connectivity index (χ3v) is 4.51. The summed E-state index contributed by atoms with van der Waals surface area (Å²) in [6.45, 7) is 0.432. The largest absolute Gasteiger partial charge is 0.463 e. The molecule has 0 saturated heterocycles. The molecule has 7 heteroatoms. The highest BCUT2D eigenvalue weighted by atomic mass is 35.6. The van der Waals surface area contributed by atoms with Crippen molar-refractivity contribution in [2.24, 2.45) is 0 Å². The number of hydrogen-bond donors (Lipinski definition) is 2. The van der Waals surface area contributed by atoms with E-state index in [1.165, 1.54) is 0 Å². The van der Waals surface area contributed by atoms with E-state index in [0.717, 1.165) is 16.5 Å². The number of furan rings is 1. The number of carbonyl (C=O) groups is 1. The highest BCUT2D eigenvalue weighted by molar-refractivity contribution is 6.68. The summed E-state index contributed by atoms with van der Waals surface area (Å²) in [5.41, 5.74) is 0.531. The number of alkyl halides is 3. The van der Waals surface area contributed by atoms with Crippen molar-refractivity contribution in [2.45, 2.75) is 16.5 Å². The van der Waals surface area contributed by atoms with Crippen LogP contribution in [-0.4, -0.2) is 15.9 Å². The van der Waals surface area contributed by atoms with Gasteiger partial charge in [0.25, 0.3) is 9.70 Å². The summed E-state index contributed by atoms with van der Waals surface area (Å²) in [6.07, 6.45) is 0.802. The van der Waals surface area contributed by atoms with Gasteiger partial charge in [-0.1, -0.05) is 71.2 Å². The Morgan fingerprint density at radius 1 is 1.08 bits per heavy atom. The van der Waals surface area contributed by atoms with E-state index in [1.54, 1.807) is 23.7 Å². The minimum absolute atomic E-state index is 0.302. The number of rotatable bonds is 5. The van der Waals surface area contributed by atoms with Crippen LogP contribution < -0.4 is 10.6 Å². The van der Waals surface area contributed by atoms with Crippen molar-refractivity contribution in [3.63, 3.8) is 0 Å². The van der Waals surface area contributed by atoms with Gasteiger partial charge in [0.2, 0.25) is 6.17 Å². The number of halogens is 3.